The quantitative estimate of drug-likeness (QED) is 0.444. The van der Waals surface area contributed by atoms with Crippen LogP contribution in [-0.4, -0.2) is 31.7 Å². The number of quaternary nitrogens is 1. The fourth-order valence-corrected chi connectivity index (χ4v) is 1.53. The van der Waals surface area contributed by atoms with E-state index in [2.05, 4.69) is 47.9 Å². The zero-order valence-electron chi connectivity index (χ0n) is 11.6. The number of rotatable bonds is 7. The van der Waals surface area contributed by atoms with E-state index in [1.54, 1.807) is 0 Å². The van der Waals surface area contributed by atoms with Crippen molar-refractivity contribution >= 4 is 0 Å². The van der Waals surface area contributed by atoms with Gasteiger partial charge in [-0.3, -0.25) is 0 Å². The van der Waals surface area contributed by atoms with Crippen LogP contribution in [0.2, 0.25) is 0 Å². The standard InChI is InChI=1S/C14H30N/c1-7-15(5,6)12-11-14(4)10-8-9-13(2)3/h9,14H,7-8,10-12H2,1-6H3/q+1/t14-/m0/s1. The molecule has 0 saturated carbocycles. The summed E-state index contributed by atoms with van der Waals surface area (Å²) in [5.74, 6) is 0.865. The smallest absolute Gasteiger partial charge is 0.0785 e. The highest BCUT2D eigenvalue weighted by molar-refractivity contribution is 4.92. The van der Waals surface area contributed by atoms with Crippen LogP contribution in [-0.2, 0) is 0 Å². The summed E-state index contributed by atoms with van der Waals surface area (Å²) in [6, 6.07) is 0. The minimum absolute atomic E-state index is 0.865. The second kappa shape index (κ2) is 7.05. The van der Waals surface area contributed by atoms with Crippen LogP contribution in [0.4, 0.5) is 0 Å². The molecule has 0 amide bonds. The maximum atomic E-state index is 2.38. The summed E-state index contributed by atoms with van der Waals surface area (Å²) in [4.78, 5) is 0. The van der Waals surface area contributed by atoms with E-state index in [9.17, 15) is 0 Å². The maximum Gasteiger partial charge on any atom is 0.0785 e. The molecule has 0 aromatic heterocycles. The molecule has 15 heavy (non-hydrogen) atoms. The van der Waals surface area contributed by atoms with Crippen LogP contribution in [0.3, 0.4) is 0 Å². The van der Waals surface area contributed by atoms with E-state index in [1.165, 1.54) is 37.9 Å². The maximum absolute atomic E-state index is 2.38. The van der Waals surface area contributed by atoms with Gasteiger partial charge in [-0.1, -0.05) is 18.6 Å². The van der Waals surface area contributed by atoms with Crippen molar-refractivity contribution in [2.75, 3.05) is 27.2 Å². The summed E-state index contributed by atoms with van der Waals surface area (Å²) in [6.07, 6.45) is 6.31. The van der Waals surface area contributed by atoms with Gasteiger partial charge in [0.2, 0.25) is 0 Å². The molecule has 1 heteroatoms. The molecule has 90 valence electrons. The molecular formula is C14H30N+. The summed E-state index contributed by atoms with van der Waals surface area (Å²) in [7, 11) is 4.64. The average Bonchev–Trinajstić information content (AvgIpc) is 2.14. The first kappa shape index (κ1) is 14.7. The van der Waals surface area contributed by atoms with E-state index in [0.29, 0.717) is 0 Å². The van der Waals surface area contributed by atoms with Crippen LogP contribution >= 0.6 is 0 Å². The molecule has 0 aromatic carbocycles. The van der Waals surface area contributed by atoms with Gasteiger partial charge in [-0.2, -0.15) is 0 Å². The van der Waals surface area contributed by atoms with E-state index < -0.39 is 0 Å². The van der Waals surface area contributed by atoms with Crippen LogP contribution in [0.5, 0.6) is 0 Å². The minimum Gasteiger partial charge on any atom is -0.329 e. The van der Waals surface area contributed by atoms with Gasteiger partial charge in [0, 0.05) is 0 Å². The fraction of sp³-hybridized carbons (Fsp3) is 0.857. The largest absolute Gasteiger partial charge is 0.329 e. The van der Waals surface area contributed by atoms with Crippen LogP contribution in [0.25, 0.3) is 0 Å². The first-order chi connectivity index (χ1) is 6.87. The molecule has 0 aliphatic heterocycles. The zero-order valence-corrected chi connectivity index (χ0v) is 11.6. The molecule has 1 nitrogen and oxygen atoms in total. The molecule has 0 N–H and O–H groups in total. The Bertz CT molecular complexity index is 188. The van der Waals surface area contributed by atoms with Crippen molar-refractivity contribution in [3.05, 3.63) is 11.6 Å². The minimum atomic E-state index is 0.865. The predicted octanol–water partition coefficient (Wildman–Crippen LogP) is 3.86. The summed E-state index contributed by atoms with van der Waals surface area (Å²) in [6.45, 7) is 11.6. The predicted molar refractivity (Wildman–Crippen MR) is 70.0 cm³/mol. The highest BCUT2D eigenvalue weighted by Gasteiger charge is 2.13. The Balaban J connectivity index is 3.66. The van der Waals surface area contributed by atoms with Gasteiger partial charge in [0.05, 0.1) is 27.2 Å². The van der Waals surface area contributed by atoms with Crippen molar-refractivity contribution in [3.63, 3.8) is 0 Å². The Hall–Kier alpha value is -0.300. The van der Waals surface area contributed by atoms with Crippen molar-refractivity contribution in [3.8, 4) is 0 Å². The molecule has 0 fully saturated rings. The Morgan fingerprint density at radius 3 is 2.27 bits per heavy atom. The Kier molecular flexibility index (Phi) is 6.91. The van der Waals surface area contributed by atoms with Gasteiger partial charge >= 0.3 is 0 Å². The third-order valence-corrected chi connectivity index (χ3v) is 3.30. The van der Waals surface area contributed by atoms with Gasteiger partial charge in [-0.05, 0) is 46.0 Å². The van der Waals surface area contributed by atoms with E-state index in [1.807, 2.05) is 0 Å². The monoisotopic (exact) mass is 212 g/mol. The molecule has 0 spiro atoms. The Morgan fingerprint density at radius 1 is 1.20 bits per heavy atom. The highest BCUT2D eigenvalue weighted by atomic mass is 15.3. The van der Waals surface area contributed by atoms with Gasteiger partial charge in [-0.25, -0.2) is 0 Å². The molecule has 0 radical (unpaired) electrons. The second-order valence-electron chi connectivity index (χ2n) is 5.73. The highest BCUT2D eigenvalue weighted by Crippen LogP contribution is 2.13. The third-order valence-electron chi connectivity index (χ3n) is 3.30. The van der Waals surface area contributed by atoms with E-state index >= 15 is 0 Å². The first-order valence-corrected chi connectivity index (χ1v) is 6.32. The van der Waals surface area contributed by atoms with Crippen molar-refractivity contribution in [2.45, 2.75) is 47.0 Å². The van der Waals surface area contributed by atoms with Gasteiger partial charge < -0.3 is 4.48 Å². The summed E-state index contributed by atoms with van der Waals surface area (Å²) in [5, 5.41) is 0. The molecule has 0 rings (SSSR count). The van der Waals surface area contributed by atoms with E-state index in [0.717, 1.165) is 10.4 Å². The van der Waals surface area contributed by atoms with E-state index in [-0.39, 0.29) is 0 Å². The lowest BCUT2D eigenvalue weighted by molar-refractivity contribution is -0.889. The molecule has 0 unspecified atom stereocenters. The lowest BCUT2D eigenvalue weighted by Crippen LogP contribution is -2.40. The lowest BCUT2D eigenvalue weighted by atomic mass is 10.0. The lowest BCUT2D eigenvalue weighted by Gasteiger charge is -2.29. The molecule has 0 aliphatic rings. The zero-order chi connectivity index (χ0) is 11.9. The molecule has 0 saturated heterocycles. The molecule has 0 aromatic rings. The SMILES string of the molecule is CC[N+](C)(C)CC[C@@H](C)CCC=C(C)C. The number of hydrogen-bond acceptors (Lipinski definition) is 0. The number of allylic oxidation sites excluding steroid dienone is 2. The van der Waals surface area contributed by atoms with Gasteiger partial charge in [0.1, 0.15) is 0 Å². The number of hydrogen-bond donors (Lipinski definition) is 0. The summed E-state index contributed by atoms with van der Waals surface area (Å²) < 4.78 is 1.16. The Morgan fingerprint density at radius 2 is 1.80 bits per heavy atom. The fourth-order valence-electron chi connectivity index (χ4n) is 1.53. The molecular weight excluding hydrogens is 182 g/mol. The van der Waals surface area contributed by atoms with E-state index in [4.69, 9.17) is 0 Å². The third kappa shape index (κ3) is 8.68. The Labute approximate surface area is 96.8 Å². The van der Waals surface area contributed by atoms with Crippen molar-refractivity contribution < 1.29 is 4.48 Å². The van der Waals surface area contributed by atoms with Crippen LogP contribution in [0, 0.1) is 5.92 Å². The summed E-state index contributed by atoms with van der Waals surface area (Å²) in [5.41, 5.74) is 1.45. The van der Waals surface area contributed by atoms with Crippen LogP contribution in [0.1, 0.15) is 47.0 Å². The van der Waals surface area contributed by atoms with Crippen LogP contribution < -0.4 is 0 Å². The molecule has 0 aliphatic carbocycles. The molecule has 1 atom stereocenters. The van der Waals surface area contributed by atoms with Crippen molar-refractivity contribution in [1.29, 1.82) is 0 Å². The van der Waals surface area contributed by atoms with Crippen LogP contribution in [0.15, 0.2) is 11.6 Å². The second-order valence-corrected chi connectivity index (χ2v) is 5.73. The normalized spacial score (nSPS) is 13.7. The topological polar surface area (TPSA) is 0 Å². The molecule has 0 heterocycles. The number of nitrogens with zero attached hydrogens (tertiary/aromatic N) is 1. The summed E-state index contributed by atoms with van der Waals surface area (Å²) >= 11 is 0. The van der Waals surface area contributed by atoms with Crippen molar-refractivity contribution in [2.24, 2.45) is 5.92 Å². The van der Waals surface area contributed by atoms with Gasteiger partial charge in [-0.15, -0.1) is 0 Å². The van der Waals surface area contributed by atoms with Crippen molar-refractivity contribution in [1.82, 2.24) is 0 Å². The van der Waals surface area contributed by atoms with Gasteiger partial charge in [0.25, 0.3) is 0 Å². The first-order valence-electron chi connectivity index (χ1n) is 6.32. The average molecular weight is 212 g/mol. The van der Waals surface area contributed by atoms with Gasteiger partial charge in [0.15, 0.2) is 0 Å². The molecule has 0 bridgehead atoms.